The Labute approximate surface area is 385 Å². The highest BCUT2D eigenvalue weighted by atomic mass is 16.6. The fourth-order valence-corrected chi connectivity index (χ4v) is 11.4. The number of H-pyrrole nitrogens is 2. The highest BCUT2D eigenvalue weighted by Crippen LogP contribution is 2.48. The molecule has 14 rings (SSSR count). The Bertz CT molecular complexity index is 3990. The summed E-state index contributed by atoms with van der Waals surface area (Å²) >= 11 is 0. The Morgan fingerprint density at radius 1 is 0.574 bits per heavy atom. The van der Waals surface area contributed by atoms with Crippen molar-refractivity contribution in [3.8, 4) is 0 Å². The molecule has 0 saturated carbocycles. The van der Waals surface area contributed by atoms with Crippen molar-refractivity contribution in [2.75, 3.05) is 6.61 Å². The van der Waals surface area contributed by atoms with Crippen LogP contribution in [0.25, 0.3) is 87.2 Å². The number of imide groups is 4. The van der Waals surface area contributed by atoms with Gasteiger partial charge >= 0.3 is 6.09 Å². The second-order valence-corrected chi connectivity index (χ2v) is 17.5. The summed E-state index contributed by atoms with van der Waals surface area (Å²) in [6.07, 6.45) is 6.59. The molecule has 4 aromatic heterocycles. The van der Waals surface area contributed by atoms with Crippen molar-refractivity contribution in [3.63, 3.8) is 0 Å². The van der Waals surface area contributed by atoms with E-state index in [-0.39, 0.29) is 49.1 Å². The van der Waals surface area contributed by atoms with E-state index in [1.165, 1.54) is 0 Å². The molecular formula is C54H42N6O8. The maximum atomic E-state index is 13.8. The summed E-state index contributed by atoms with van der Waals surface area (Å²) in [5.74, 6) is -2.08. The molecule has 10 aromatic rings. The number of hydrogen-bond donors (Lipinski definition) is 5. The van der Waals surface area contributed by atoms with Crippen LogP contribution >= 0.6 is 0 Å². The van der Waals surface area contributed by atoms with E-state index in [4.69, 9.17) is 4.74 Å². The van der Waals surface area contributed by atoms with Gasteiger partial charge in [-0.25, -0.2) is 4.79 Å². The Morgan fingerprint density at radius 3 is 1.46 bits per heavy atom. The lowest BCUT2D eigenvalue weighted by Crippen LogP contribution is -2.36. The van der Waals surface area contributed by atoms with Gasteiger partial charge in [-0.2, -0.15) is 4.90 Å². The number of ether oxygens (including phenoxy) is 1. The molecule has 68 heavy (non-hydrogen) atoms. The van der Waals surface area contributed by atoms with E-state index in [0.29, 0.717) is 45.2 Å². The Morgan fingerprint density at radius 2 is 0.985 bits per heavy atom. The molecule has 5 amide bonds. The monoisotopic (exact) mass is 902 g/mol. The van der Waals surface area contributed by atoms with E-state index in [2.05, 4.69) is 24.4 Å². The third kappa shape index (κ3) is 5.43. The lowest BCUT2D eigenvalue weighted by molar-refractivity contribution is 0.0596. The van der Waals surface area contributed by atoms with Crippen LogP contribution in [0.1, 0.15) is 80.7 Å². The Hall–Kier alpha value is -8.33. The van der Waals surface area contributed by atoms with Crippen molar-refractivity contribution in [3.05, 3.63) is 144 Å². The van der Waals surface area contributed by atoms with E-state index in [9.17, 15) is 34.2 Å². The van der Waals surface area contributed by atoms with E-state index in [1.54, 1.807) is 13.0 Å². The van der Waals surface area contributed by atoms with Crippen LogP contribution in [0.4, 0.5) is 4.79 Å². The Kier molecular flexibility index (Phi) is 8.97. The lowest BCUT2D eigenvalue weighted by atomic mass is 9.96. The number of carbonyl (C=O) groups is 5. The number of para-hydroxylation sites is 4. The van der Waals surface area contributed by atoms with Gasteiger partial charge in [0.25, 0.3) is 23.6 Å². The number of aliphatic hydroxyl groups excluding tert-OH is 2. The fraction of sp³-hybridized carbons (Fsp3) is 0.167. The standard InChI is InChI=1S/C28H21N3O5.C25H17N3O3.CH4/c1-2-36-28(35)31-26(33)22-20-16-7-3-5-9-18(16)29-24(20)25-21(23(22)27(31)34)17-8-4-6-10-19(17)30(25)14-11-12-15(32)13-14;29-13-10-9-12(11-13)28-17-8-4-2-6-15(17)19-21-20(24(30)27-25(21)31)18-14-5-1-3-7-16(14)26-22(18)23(19)28;/h3-12,14-15,29,32H,2,13H2,1H3;1-10,12-13,26,29H,11H2,(H,27,30,31);1H4/t14?,15-;12?,13-;/m11./s1. The minimum absolute atomic E-state index is 0. The van der Waals surface area contributed by atoms with Gasteiger partial charge in [-0.3, -0.25) is 24.5 Å². The summed E-state index contributed by atoms with van der Waals surface area (Å²) < 4.78 is 9.40. The first kappa shape index (κ1) is 41.1. The van der Waals surface area contributed by atoms with Crippen LogP contribution in [0.15, 0.2) is 121 Å². The molecule has 336 valence electrons. The molecule has 6 heterocycles. The number of nitrogens with one attached hydrogen (secondary N) is 3. The van der Waals surface area contributed by atoms with Crippen LogP contribution in [0.5, 0.6) is 0 Å². The summed E-state index contributed by atoms with van der Waals surface area (Å²) in [6.45, 7) is 1.67. The number of rotatable bonds is 3. The average Bonchev–Trinajstić information content (AvgIpc) is 4.21. The van der Waals surface area contributed by atoms with E-state index in [0.717, 1.165) is 70.9 Å². The van der Waals surface area contributed by atoms with Crippen LogP contribution in [-0.2, 0) is 4.74 Å². The third-order valence-corrected chi connectivity index (χ3v) is 13.9. The van der Waals surface area contributed by atoms with Crippen molar-refractivity contribution in [2.24, 2.45) is 0 Å². The van der Waals surface area contributed by atoms with Gasteiger partial charge in [0, 0.05) is 78.0 Å². The fourth-order valence-electron chi connectivity index (χ4n) is 11.4. The Balaban J connectivity index is 0.000000141. The molecule has 0 saturated heterocycles. The maximum Gasteiger partial charge on any atom is 0.424 e. The van der Waals surface area contributed by atoms with Crippen molar-refractivity contribution in [1.29, 1.82) is 0 Å². The molecule has 14 heteroatoms. The van der Waals surface area contributed by atoms with Crippen molar-refractivity contribution in [2.45, 2.75) is 51.5 Å². The molecule has 0 fully saturated rings. The van der Waals surface area contributed by atoms with Gasteiger partial charge in [0.2, 0.25) is 0 Å². The van der Waals surface area contributed by atoms with Gasteiger partial charge in [0.1, 0.15) is 0 Å². The molecule has 14 nitrogen and oxygen atoms in total. The van der Waals surface area contributed by atoms with Crippen molar-refractivity contribution in [1.82, 2.24) is 29.3 Å². The summed E-state index contributed by atoms with van der Waals surface area (Å²) in [7, 11) is 0. The summed E-state index contributed by atoms with van der Waals surface area (Å²) in [4.78, 5) is 73.8. The van der Waals surface area contributed by atoms with Gasteiger partial charge in [-0.05, 0) is 31.2 Å². The van der Waals surface area contributed by atoms with Crippen LogP contribution in [-0.4, -0.2) is 82.8 Å². The number of fused-ring (bicyclic) bond motifs is 20. The van der Waals surface area contributed by atoms with Crippen LogP contribution in [0.2, 0.25) is 0 Å². The molecule has 5 N–H and O–H groups in total. The molecule has 4 aliphatic rings. The summed E-state index contributed by atoms with van der Waals surface area (Å²) in [5, 5.41) is 29.2. The third-order valence-electron chi connectivity index (χ3n) is 13.9. The zero-order valence-corrected chi connectivity index (χ0v) is 35.7. The number of amides is 5. The van der Waals surface area contributed by atoms with E-state index < -0.39 is 30.1 Å². The predicted octanol–water partition coefficient (Wildman–Crippen LogP) is 9.85. The topological polar surface area (TPSA) is 192 Å². The molecule has 0 radical (unpaired) electrons. The van der Waals surface area contributed by atoms with Crippen molar-refractivity contribution >= 4 is 117 Å². The van der Waals surface area contributed by atoms with Gasteiger partial charge in [0.15, 0.2) is 0 Å². The number of hydrogen-bond acceptors (Lipinski definition) is 8. The first-order valence-corrected chi connectivity index (χ1v) is 22.3. The van der Waals surface area contributed by atoms with Crippen LogP contribution in [0, 0.1) is 0 Å². The minimum Gasteiger partial charge on any atom is -0.449 e. The lowest BCUT2D eigenvalue weighted by Gasteiger charge is -2.16. The number of aromatic amines is 2. The predicted molar refractivity (Wildman–Crippen MR) is 261 cm³/mol. The normalized spacial score (nSPS) is 19.7. The molecule has 2 unspecified atom stereocenters. The van der Waals surface area contributed by atoms with Crippen molar-refractivity contribution < 1.29 is 38.9 Å². The second-order valence-electron chi connectivity index (χ2n) is 17.5. The number of aromatic nitrogens is 4. The molecule has 0 spiro atoms. The highest BCUT2D eigenvalue weighted by Gasteiger charge is 2.46. The van der Waals surface area contributed by atoms with Crippen LogP contribution in [0.3, 0.4) is 0 Å². The zero-order chi connectivity index (χ0) is 45.6. The quantitative estimate of drug-likeness (QED) is 0.0855. The number of benzene rings is 6. The molecule has 2 aliphatic heterocycles. The van der Waals surface area contributed by atoms with E-state index >= 15 is 0 Å². The zero-order valence-electron chi connectivity index (χ0n) is 35.7. The molecule has 6 aromatic carbocycles. The molecule has 2 aliphatic carbocycles. The van der Waals surface area contributed by atoms with Gasteiger partial charge in [0.05, 0.1) is 75.2 Å². The van der Waals surface area contributed by atoms with Crippen LogP contribution < -0.4 is 5.32 Å². The average molecular weight is 903 g/mol. The number of carbonyl (C=O) groups excluding carboxylic acids is 5. The second kappa shape index (κ2) is 14.8. The first-order valence-electron chi connectivity index (χ1n) is 22.3. The highest BCUT2D eigenvalue weighted by molar-refractivity contribution is 6.42. The minimum atomic E-state index is -0.976. The van der Waals surface area contributed by atoms with Gasteiger partial charge < -0.3 is 34.1 Å². The van der Waals surface area contributed by atoms with E-state index in [1.807, 2.05) is 115 Å². The maximum absolute atomic E-state index is 13.8. The van der Waals surface area contributed by atoms with Gasteiger partial charge in [-0.15, -0.1) is 0 Å². The SMILES string of the molecule is C.CCOC(=O)N1C(=O)c2c(c3c4ccccc4n(C4C=C[C@@H](O)C4)c3c3[nH]c4ccccc4c23)C1=O.O=C1NC(=O)c2c1c1c3ccccc3[nH]c1c1c2c2ccccc2n1C1C=C[C@@H](O)C1. The number of aliphatic hydroxyl groups is 2. The molecule has 0 bridgehead atoms. The summed E-state index contributed by atoms with van der Waals surface area (Å²) in [5.41, 5.74) is 8.07. The number of allylic oxidation sites excluding steroid dienone is 2. The molecule has 4 atom stereocenters. The largest absolute Gasteiger partial charge is 0.449 e. The molecular weight excluding hydrogens is 861 g/mol. The summed E-state index contributed by atoms with van der Waals surface area (Å²) in [6, 6.07) is 30.9. The smallest absolute Gasteiger partial charge is 0.424 e. The first-order chi connectivity index (χ1) is 32.6. The van der Waals surface area contributed by atoms with Gasteiger partial charge in [-0.1, -0.05) is 105 Å². The number of nitrogens with zero attached hydrogens (tertiary/aromatic N) is 3.